The van der Waals surface area contributed by atoms with Gasteiger partial charge in [0.1, 0.15) is 11.6 Å². The number of ether oxygens (including phenoxy) is 2. The van der Waals surface area contributed by atoms with Gasteiger partial charge in [-0.25, -0.2) is 9.78 Å². The van der Waals surface area contributed by atoms with Gasteiger partial charge in [0.15, 0.2) is 5.69 Å². The van der Waals surface area contributed by atoms with Crippen molar-refractivity contribution in [2.75, 3.05) is 26.6 Å². The van der Waals surface area contributed by atoms with Crippen LogP contribution < -0.4 is 5.73 Å². The molecular weight excluding hydrogens is 234 g/mol. The van der Waals surface area contributed by atoms with Crippen LogP contribution in [0.4, 0.5) is 5.82 Å². The summed E-state index contributed by atoms with van der Waals surface area (Å²) < 4.78 is 11.6. The number of anilines is 1. The van der Waals surface area contributed by atoms with Gasteiger partial charge >= 0.3 is 5.97 Å². The number of rotatable bonds is 6. The molecule has 102 valence electrons. The van der Waals surface area contributed by atoms with Gasteiger partial charge < -0.3 is 19.8 Å². The van der Waals surface area contributed by atoms with Crippen molar-refractivity contribution in [2.24, 2.45) is 5.92 Å². The van der Waals surface area contributed by atoms with Crippen molar-refractivity contribution in [1.29, 1.82) is 0 Å². The second-order valence-corrected chi connectivity index (χ2v) is 4.28. The lowest BCUT2D eigenvalue weighted by molar-refractivity contribution is 0.0595. The van der Waals surface area contributed by atoms with Crippen LogP contribution in [0.5, 0.6) is 0 Å². The van der Waals surface area contributed by atoms with Crippen molar-refractivity contribution in [2.45, 2.75) is 26.8 Å². The third-order valence-electron chi connectivity index (χ3n) is 2.73. The SMILES string of the molecule is CCc1nc(C(=O)OC)c(N)n1CC(C)COC. The van der Waals surface area contributed by atoms with Crippen molar-refractivity contribution in [3.8, 4) is 0 Å². The molecule has 0 saturated carbocycles. The van der Waals surface area contributed by atoms with Crippen molar-refractivity contribution < 1.29 is 14.3 Å². The van der Waals surface area contributed by atoms with E-state index in [1.54, 1.807) is 7.11 Å². The van der Waals surface area contributed by atoms with E-state index in [2.05, 4.69) is 16.6 Å². The van der Waals surface area contributed by atoms with E-state index in [1.165, 1.54) is 7.11 Å². The average molecular weight is 255 g/mol. The molecule has 0 aromatic carbocycles. The zero-order chi connectivity index (χ0) is 13.7. The molecule has 2 N–H and O–H groups in total. The van der Waals surface area contributed by atoms with E-state index < -0.39 is 5.97 Å². The minimum Gasteiger partial charge on any atom is -0.464 e. The summed E-state index contributed by atoms with van der Waals surface area (Å²) in [7, 11) is 2.98. The first-order chi connectivity index (χ1) is 8.54. The summed E-state index contributed by atoms with van der Waals surface area (Å²) in [6.07, 6.45) is 0.709. The van der Waals surface area contributed by atoms with Crippen LogP contribution >= 0.6 is 0 Å². The third kappa shape index (κ3) is 3.01. The lowest BCUT2D eigenvalue weighted by Crippen LogP contribution is -2.16. The van der Waals surface area contributed by atoms with E-state index in [1.807, 2.05) is 11.5 Å². The molecule has 0 bridgehead atoms. The van der Waals surface area contributed by atoms with Gasteiger partial charge in [-0.1, -0.05) is 13.8 Å². The van der Waals surface area contributed by atoms with Crippen molar-refractivity contribution in [1.82, 2.24) is 9.55 Å². The Morgan fingerprint density at radius 1 is 1.50 bits per heavy atom. The highest BCUT2D eigenvalue weighted by molar-refractivity contribution is 5.92. The normalized spacial score (nSPS) is 12.4. The number of imidazole rings is 1. The number of carbonyl (C=O) groups excluding carboxylic acids is 1. The Bertz CT molecular complexity index is 415. The summed E-state index contributed by atoms with van der Waals surface area (Å²) >= 11 is 0. The maximum Gasteiger partial charge on any atom is 0.360 e. The fraction of sp³-hybridized carbons (Fsp3) is 0.667. The highest BCUT2D eigenvalue weighted by Crippen LogP contribution is 2.18. The number of hydrogen-bond donors (Lipinski definition) is 1. The molecule has 0 aliphatic rings. The number of aromatic nitrogens is 2. The van der Waals surface area contributed by atoms with Crippen molar-refractivity contribution in [3.05, 3.63) is 11.5 Å². The molecule has 6 nitrogen and oxygen atoms in total. The molecule has 0 aliphatic heterocycles. The number of methoxy groups -OCH3 is 2. The first kappa shape index (κ1) is 14.5. The predicted molar refractivity (Wildman–Crippen MR) is 68.4 cm³/mol. The van der Waals surface area contributed by atoms with E-state index >= 15 is 0 Å². The molecule has 0 spiro atoms. The number of aryl methyl sites for hydroxylation is 1. The second kappa shape index (κ2) is 6.39. The summed E-state index contributed by atoms with van der Waals surface area (Å²) in [5.41, 5.74) is 6.15. The molecule has 0 aliphatic carbocycles. The third-order valence-corrected chi connectivity index (χ3v) is 2.73. The molecule has 6 heteroatoms. The van der Waals surface area contributed by atoms with Crippen LogP contribution in [-0.2, 0) is 22.4 Å². The first-order valence-electron chi connectivity index (χ1n) is 5.97. The maximum atomic E-state index is 11.5. The summed E-state index contributed by atoms with van der Waals surface area (Å²) in [6, 6.07) is 0. The van der Waals surface area contributed by atoms with E-state index in [0.717, 1.165) is 5.82 Å². The Morgan fingerprint density at radius 2 is 2.17 bits per heavy atom. The Morgan fingerprint density at radius 3 is 2.67 bits per heavy atom. The number of nitrogens with two attached hydrogens (primary N) is 1. The van der Waals surface area contributed by atoms with E-state index in [9.17, 15) is 4.79 Å². The maximum absolute atomic E-state index is 11.5. The van der Waals surface area contributed by atoms with Crippen molar-refractivity contribution >= 4 is 11.8 Å². The van der Waals surface area contributed by atoms with Gasteiger partial charge in [0, 0.05) is 20.1 Å². The monoisotopic (exact) mass is 255 g/mol. The predicted octanol–water partition coefficient (Wildman–Crippen LogP) is 1.10. The fourth-order valence-corrected chi connectivity index (χ4v) is 1.88. The molecule has 0 saturated heterocycles. The van der Waals surface area contributed by atoms with Gasteiger partial charge in [-0.15, -0.1) is 0 Å². The first-order valence-corrected chi connectivity index (χ1v) is 5.97. The highest BCUT2D eigenvalue weighted by Gasteiger charge is 2.21. The van der Waals surface area contributed by atoms with Crippen LogP contribution in [0.3, 0.4) is 0 Å². The highest BCUT2D eigenvalue weighted by atomic mass is 16.5. The molecule has 1 aromatic heterocycles. The van der Waals surface area contributed by atoms with Crippen LogP contribution in [0, 0.1) is 5.92 Å². The summed E-state index contributed by atoms with van der Waals surface area (Å²) in [5.74, 6) is 0.945. The quantitative estimate of drug-likeness (QED) is 0.770. The second-order valence-electron chi connectivity index (χ2n) is 4.28. The summed E-state index contributed by atoms with van der Waals surface area (Å²) in [4.78, 5) is 15.8. The van der Waals surface area contributed by atoms with Gasteiger partial charge in [0.05, 0.1) is 13.7 Å². The van der Waals surface area contributed by atoms with E-state index in [-0.39, 0.29) is 5.69 Å². The van der Waals surface area contributed by atoms with Crippen LogP contribution in [0.15, 0.2) is 0 Å². The van der Waals surface area contributed by atoms with Gasteiger partial charge in [0.25, 0.3) is 0 Å². The van der Waals surface area contributed by atoms with E-state index in [0.29, 0.717) is 31.3 Å². The smallest absolute Gasteiger partial charge is 0.360 e. The molecule has 1 unspecified atom stereocenters. The molecule has 1 heterocycles. The molecule has 1 rings (SSSR count). The Hall–Kier alpha value is -1.56. The molecular formula is C12H21N3O3. The van der Waals surface area contributed by atoms with E-state index in [4.69, 9.17) is 10.5 Å². The molecule has 0 fully saturated rings. The number of nitrogens with zero attached hydrogens (tertiary/aromatic N) is 2. The Balaban J connectivity index is 3.02. The number of nitrogen functional groups attached to an aromatic ring is 1. The minimum atomic E-state index is -0.500. The zero-order valence-electron chi connectivity index (χ0n) is 11.4. The van der Waals surface area contributed by atoms with Crippen LogP contribution in [0.2, 0.25) is 0 Å². The molecule has 0 amide bonds. The Labute approximate surface area is 107 Å². The molecule has 1 atom stereocenters. The fourth-order valence-electron chi connectivity index (χ4n) is 1.88. The minimum absolute atomic E-state index is 0.193. The van der Waals surface area contributed by atoms with Crippen LogP contribution in [-0.4, -0.2) is 36.3 Å². The molecule has 18 heavy (non-hydrogen) atoms. The number of esters is 1. The van der Waals surface area contributed by atoms with Crippen molar-refractivity contribution in [3.63, 3.8) is 0 Å². The summed E-state index contributed by atoms with van der Waals surface area (Å²) in [5, 5.41) is 0. The Kier molecular flexibility index (Phi) is 5.15. The summed E-state index contributed by atoms with van der Waals surface area (Å²) in [6.45, 7) is 5.34. The lowest BCUT2D eigenvalue weighted by atomic mass is 10.2. The topological polar surface area (TPSA) is 79.4 Å². The standard InChI is InChI=1S/C12H21N3O3/c1-5-9-14-10(12(16)18-4)11(13)15(9)6-8(2)7-17-3/h8H,5-7,13H2,1-4H3. The molecule has 1 aromatic rings. The lowest BCUT2D eigenvalue weighted by Gasteiger charge is -2.14. The number of hydrogen-bond acceptors (Lipinski definition) is 5. The number of carbonyl (C=O) groups is 1. The van der Waals surface area contributed by atoms with Gasteiger partial charge in [-0.3, -0.25) is 0 Å². The average Bonchev–Trinajstić information content (AvgIpc) is 2.66. The van der Waals surface area contributed by atoms with Crippen LogP contribution in [0.25, 0.3) is 0 Å². The van der Waals surface area contributed by atoms with Gasteiger partial charge in [-0.2, -0.15) is 0 Å². The van der Waals surface area contributed by atoms with Crippen LogP contribution in [0.1, 0.15) is 30.2 Å². The van der Waals surface area contributed by atoms with Gasteiger partial charge in [0.2, 0.25) is 0 Å². The van der Waals surface area contributed by atoms with Gasteiger partial charge in [-0.05, 0) is 5.92 Å². The zero-order valence-corrected chi connectivity index (χ0v) is 11.4. The largest absolute Gasteiger partial charge is 0.464 e. The molecule has 0 radical (unpaired) electrons.